The van der Waals surface area contributed by atoms with Gasteiger partial charge in [-0.05, 0) is 19.9 Å². The SMILES string of the molecule is CC(C)(C#N)CNC(=O)c1cccc(=O)[nH]1. The third-order valence-electron chi connectivity index (χ3n) is 2.01. The summed E-state index contributed by atoms with van der Waals surface area (Å²) in [5.41, 5.74) is -0.751. The van der Waals surface area contributed by atoms with Crippen LogP contribution < -0.4 is 10.9 Å². The Labute approximate surface area is 93.1 Å². The van der Waals surface area contributed by atoms with Crippen molar-refractivity contribution in [3.63, 3.8) is 0 Å². The quantitative estimate of drug-likeness (QED) is 0.782. The molecule has 1 amide bonds. The van der Waals surface area contributed by atoms with E-state index in [1.807, 2.05) is 0 Å². The second-order valence-electron chi connectivity index (χ2n) is 4.11. The van der Waals surface area contributed by atoms with Gasteiger partial charge in [-0.2, -0.15) is 5.26 Å². The molecule has 0 fully saturated rings. The van der Waals surface area contributed by atoms with E-state index in [1.54, 1.807) is 13.8 Å². The highest BCUT2D eigenvalue weighted by Gasteiger charge is 2.18. The molecule has 0 aromatic carbocycles. The van der Waals surface area contributed by atoms with E-state index in [0.717, 1.165) is 0 Å². The molecule has 0 aliphatic carbocycles. The molecule has 0 saturated heterocycles. The highest BCUT2D eigenvalue weighted by atomic mass is 16.2. The van der Waals surface area contributed by atoms with E-state index < -0.39 is 5.41 Å². The zero-order chi connectivity index (χ0) is 12.2. The number of carbonyl (C=O) groups excluding carboxylic acids is 1. The number of amides is 1. The average molecular weight is 219 g/mol. The fourth-order valence-corrected chi connectivity index (χ4v) is 1.02. The zero-order valence-electron chi connectivity index (χ0n) is 9.20. The van der Waals surface area contributed by atoms with E-state index >= 15 is 0 Å². The lowest BCUT2D eigenvalue weighted by atomic mass is 9.96. The van der Waals surface area contributed by atoms with Crippen molar-refractivity contribution in [1.82, 2.24) is 10.3 Å². The summed E-state index contributed by atoms with van der Waals surface area (Å²) >= 11 is 0. The van der Waals surface area contributed by atoms with Crippen LogP contribution in [0.5, 0.6) is 0 Å². The van der Waals surface area contributed by atoms with Gasteiger partial charge in [0.2, 0.25) is 5.56 Å². The molecule has 1 heterocycles. The topological polar surface area (TPSA) is 85.8 Å². The van der Waals surface area contributed by atoms with Crippen LogP contribution in [-0.4, -0.2) is 17.4 Å². The van der Waals surface area contributed by atoms with Gasteiger partial charge in [0, 0.05) is 12.6 Å². The summed E-state index contributed by atoms with van der Waals surface area (Å²) in [4.78, 5) is 24.9. The zero-order valence-corrected chi connectivity index (χ0v) is 9.20. The molecule has 0 spiro atoms. The van der Waals surface area contributed by atoms with Gasteiger partial charge < -0.3 is 10.3 Å². The lowest BCUT2D eigenvalue weighted by Crippen LogP contribution is -2.34. The van der Waals surface area contributed by atoms with E-state index in [4.69, 9.17) is 5.26 Å². The molecular weight excluding hydrogens is 206 g/mol. The standard InChI is InChI=1S/C11H13N3O2/c1-11(2,6-12)7-13-10(16)8-4-3-5-9(15)14-8/h3-5H,7H2,1-2H3,(H,13,16)(H,14,15). The minimum Gasteiger partial charge on any atom is -0.349 e. The fourth-order valence-electron chi connectivity index (χ4n) is 1.02. The Balaban J connectivity index is 2.68. The highest BCUT2D eigenvalue weighted by molar-refractivity contribution is 5.92. The first-order valence-corrected chi connectivity index (χ1v) is 4.83. The van der Waals surface area contributed by atoms with E-state index in [9.17, 15) is 9.59 Å². The summed E-state index contributed by atoms with van der Waals surface area (Å²) in [6.45, 7) is 3.68. The van der Waals surface area contributed by atoms with Crippen molar-refractivity contribution in [3.8, 4) is 6.07 Å². The van der Waals surface area contributed by atoms with Gasteiger partial charge in [0.1, 0.15) is 5.69 Å². The van der Waals surface area contributed by atoms with Crippen LogP contribution in [0, 0.1) is 16.7 Å². The van der Waals surface area contributed by atoms with Crippen molar-refractivity contribution >= 4 is 5.91 Å². The van der Waals surface area contributed by atoms with E-state index in [-0.39, 0.29) is 23.7 Å². The van der Waals surface area contributed by atoms with Crippen LogP contribution in [0.15, 0.2) is 23.0 Å². The second kappa shape index (κ2) is 4.62. The maximum Gasteiger partial charge on any atom is 0.267 e. The number of nitrogens with zero attached hydrogens (tertiary/aromatic N) is 1. The van der Waals surface area contributed by atoms with E-state index in [2.05, 4.69) is 16.4 Å². The number of hydrogen-bond donors (Lipinski definition) is 2. The van der Waals surface area contributed by atoms with Crippen molar-refractivity contribution in [2.24, 2.45) is 5.41 Å². The Kier molecular flexibility index (Phi) is 3.46. The molecule has 16 heavy (non-hydrogen) atoms. The maximum atomic E-state index is 11.6. The van der Waals surface area contributed by atoms with Crippen molar-refractivity contribution in [2.75, 3.05) is 6.54 Å². The van der Waals surface area contributed by atoms with Crippen molar-refractivity contribution in [3.05, 3.63) is 34.2 Å². The summed E-state index contributed by atoms with van der Waals surface area (Å²) in [6, 6.07) is 6.42. The summed E-state index contributed by atoms with van der Waals surface area (Å²) in [5.74, 6) is -0.388. The summed E-state index contributed by atoms with van der Waals surface area (Å²) in [5, 5.41) is 11.3. The first-order chi connectivity index (χ1) is 7.44. The molecule has 0 atom stereocenters. The highest BCUT2D eigenvalue weighted by Crippen LogP contribution is 2.10. The number of nitrogens with one attached hydrogen (secondary N) is 2. The maximum absolute atomic E-state index is 11.6. The third kappa shape index (κ3) is 3.24. The predicted octanol–water partition coefficient (Wildman–Crippen LogP) is 0.654. The lowest BCUT2D eigenvalue weighted by Gasteiger charge is -2.15. The van der Waals surface area contributed by atoms with Crippen LogP contribution in [0.2, 0.25) is 0 Å². The first kappa shape index (κ1) is 12.0. The number of carbonyl (C=O) groups is 1. The Morgan fingerprint density at radius 3 is 2.81 bits per heavy atom. The largest absolute Gasteiger partial charge is 0.349 e. The smallest absolute Gasteiger partial charge is 0.267 e. The molecule has 0 aliphatic heterocycles. The molecule has 1 aromatic rings. The Bertz CT molecular complexity index is 482. The van der Waals surface area contributed by atoms with Crippen LogP contribution in [0.3, 0.4) is 0 Å². The van der Waals surface area contributed by atoms with Gasteiger partial charge in [0.15, 0.2) is 0 Å². The predicted molar refractivity (Wildman–Crippen MR) is 58.8 cm³/mol. The number of rotatable bonds is 3. The van der Waals surface area contributed by atoms with Crippen LogP contribution in [0.25, 0.3) is 0 Å². The molecule has 0 saturated carbocycles. The average Bonchev–Trinajstić information content (AvgIpc) is 2.26. The monoisotopic (exact) mass is 219 g/mol. The molecule has 1 aromatic heterocycles. The van der Waals surface area contributed by atoms with E-state index in [0.29, 0.717) is 0 Å². The lowest BCUT2D eigenvalue weighted by molar-refractivity contribution is 0.0938. The Morgan fingerprint density at radius 1 is 1.56 bits per heavy atom. The first-order valence-electron chi connectivity index (χ1n) is 4.83. The number of pyridine rings is 1. The molecule has 0 aliphatic rings. The van der Waals surface area contributed by atoms with Crippen LogP contribution in [0.1, 0.15) is 24.3 Å². The number of aromatic amines is 1. The molecule has 0 radical (unpaired) electrons. The molecule has 0 unspecified atom stereocenters. The number of nitriles is 1. The fraction of sp³-hybridized carbons (Fsp3) is 0.364. The van der Waals surface area contributed by atoms with Gasteiger partial charge in [-0.15, -0.1) is 0 Å². The molecule has 2 N–H and O–H groups in total. The van der Waals surface area contributed by atoms with Crippen molar-refractivity contribution in [2.45, 2.75) is 13.8 Å². The second-order valence-corrected chi connectivity index (χ2v) is 4.11. The van der Waals surface area contributed by atoms with Crippen LogP contribution in [0.4, 0.5) is 0 Å². The molecular formula is C11H13N3O2. The van der Waals surface area contributed by atoms with Gasteiger partial charge in [0.25, 0.3) is 5.91 Å². The molecule has 5 heteroatoms. The summed E-state index contributed by atoms with van der Waals surface area (Å²) < 4.78 is 0. The normalized spacial score (nSPS) is 10.6. The minimum atomic E-state index is -0.620. The van der Waals surface area contributed by atoms with Gasteiger partial charge in [-0.1, -0.05) is 6.07 Å². The molecule has 1 rings (SSSR count). The van der Waals surface area contributed by atoms with Gasteiger partial charge in [-0.25, -0.2) is 0 Å². The van der Waals surface area contributed by atoms with Gasteiger partial charge in [-0.3, -0.25) is 9.59 Å². The minimum absolute atomic E-state index is 0.196. The Morgan fingerprint density at radius 2 is 2.25 bits per heavy atom. The van der Waals surface area contributed by atoms with Crippen molar-refractivity contribution < 1.29 is 4.79 Å². The number of H-pyrrole nitrogens is 1. The van der Waals surface area contributed by atoms with Crippen LogP contribution >= 0.6 is 0 Å². The summed E-state index contributed by atoms with van der Waals surface area (Å²) in [6.07, 6.45) is 0. The third-order valence-corrected chi connectivity index (χ3v) is 2.01. The van der Waals surface area contributed by atoms with Gasteiger partial charge in [0.05, 0.1) is 11.5 Å². The molecule has 5 nitrogen and oxygen atoms in total. The number of hydrogen-bond acceptors (Lipinski definition) is 3. The van der Waals surface area contributed by atoms with E-state index in [1.165, 1.54) is 18.2 Å². The van der Waals surface area contributed by atoms with Crippen LogP contribution in [-0.2, 0) is 0 Å². The molecule has 0 bridgehead atoms. The summed E-state index contributed by atoms with van der Waals surface area (Å²) in [7, 11) is 0. The molecule has 84 valence electrons. The Hall–Kier alpha value is -2.09. The van der Waals surface area contributed by atoms with Crippen molar-refractivity contribution in [1.29, 1.82) is 5.26 Å². The number of aromatic nitrogens is 1. The van der Waals surface area contributed by atoms with Gasteiger partial charge >= 0.3 is 0 Å².